The van der Waals surface area contributed by atoms with Crippen LogP contribution in [-0.2, 0) is 11.1 Å². The molecule has 0 aliphatic carbocycles. The van der Waals surface area contributed by atoms with Crippen LogP contribution in [0.5, 0.6) is 0 Å². The quantitative estimate of drug-likeness (QED) is 0.439. The van der Waals surface area contributed by atoms with Crippen molar-refractivity contribution in [3.05, 3.63) is 48.0 Å². The standard InChI is InChI=1S/C11H9NO2S/c12-11(15(13)14)10-7-3-5-8-4-1-2-6-9(8)10/h1-7,12H,(H,13,14). The molecule has 2 rings (SSSR count). The average Bonchev–Trinajstić information content (AvgIpc) is 2.27. The van der Waals surface area contributed by atoms with E-state index in [0.29, 0.717) is 5.56 Å². The maximum atomic E-state index is 10.8. The highest BCUT2D eigenvalue weighted by molar-refractivity contribution is 7.96. The van der Waals surface area contributed by atoms with Gasteiger partial charge in [0.1, 0.15) is 0 Å². The molecule has 2 aromatic carbocycles. The molecule has 76 valence electrons. The zero-order valence-electron chi connectivity index (χ0n) is 7.81. The Balaban J connectivity index is 2.71. The molecule has 0 aromatic heterocycles. The lowest BCUT2D eigenvalue weighted by molar-refractivity contribution is 0.577. The van der Waals surface area contributed by atoms with E-state index in [4.69, 9.17) is 9.96 Å². The first-order valence-corrected chi connectivity index (χ1v) is 5.48. The van der Waals surface area contributed by atoms with E-state index in [1.807, 2.05) is 30.3 Å². The third-order valence-electron chi connectivity index (χ3n) is 2.21. The summed E-state index contributed by atoms with van der Waals surface area (Å²) >= 11 is -2.23. The first-order valence-electron chi connectivity index (χ1n) is 4.37. The van der Waals surface area contributed by atoms with Crippen molar-refractivity contribution in [2.75, 3.05) is 0 Å². The van der Waals surface area contributed by atoms with Gasteiger partial charge in [0, 0.05) is 5.56 Å². The zero-order chi connectivity index (χ0) is 10.8. The van der Waals surface area contributed by atoms with E-state index in [9.17, 15) is 4.21 Å². The Bertz CT molecular complexity index is 546. The maximum absolute atomic E-state index is 10.8. The molecule has 0 saturated heterocycles. The molecule has 0 spiro atoms. The van der Waals surface area contributed by atoms with E-state index in [-0.39, 0.29) is 5.04 Å². The van der Waals surface area contributed by atoms with Crippen LogP contribution in [-0.4, -0.2) is 13.8 Å². The maximum Gasteiger partial charge on any atom is 0.205 e. The molecule has 0 fully saturated rings. The highest BCUT2D eigenvalue weighted by atomic mass is 32.2. The van der Waals surface area contributed by atoms with Crippen molar-refractivity contribution in [3.8, 4) is 0 Å². The number of nitrogens with one attached hydrogen (secondary N) is 1. The topological polar surface area (TPSA) is 61.2 Å². The number of fused-ring (bicyclic) bond motifs is 1. The minimum absolute atomic E-state index is 0.258. The van der Waals surface area contributed by atoms with Gasteiger partial charge in [-0.15, -0.1) is 0 Å². The SMILES string of the molecule is N=C(c1cccc2ccccc12)S(=O)O. The van der Waals surface area contributed by atoms with E-state index in [0.717, 1.165) is 10.8 Å². The molecule has 0 heterocycles. The van der Waals surface area contributed by atoms with E-state index in [1.54, 1.807) is 12.1 Å². The smallest absolute Gasteiger partial charge is 0.205 e. The molecule has 0 radical (unpaired) electrons. The molecular formula is C11H9NO2S. The van der Waals surface area contributed by atoms with Crippen molar-refractivity contribution in [1.29, 1.82) is 5.41 Å². The molecular weight excluding hydrogens is 210 g/mol. The van der Waals surface area contributed by atoms with Crippen molar-refractivity contribution in [2.24, 2.45) is 0 Å². The third kappa shape index (κ3) is 1.82. The van der Waals surface area contributed by atoms with Crippen LogP contribution in [0.3, 0.4) is 0 Å². The second-order valence-electron chi connectivity index (χ2n) is 3.10. The summed E-state index contributed by atoms with van der Waals surface area (Å²) in [4.78, 5) is 0. The summed E-state index contributed by atoms with van der Waals surface area (Å²) in [5.41, 5.74) is 0.508. The van der Waals surface area contributed by atoms with E-state index in [1.165, 1.54) is 0 Å². The van der Waals surface area contributed by atoms with Gasteiger partial charge in [0.05, 0.1) is 0 Å². The van der Waals surface area contributed by atoms with Gasteiger partial charge in [-0.2, -0.15) is 0 Å². The van der Waals surface area contributed by atoms with Crippen molar-refractivity contribution >= 4 is 26.9 Å². The Morgan fingerprint density at radius 1 is 1.13 bits per heavy atom. The fourth-order valence-electron chi connectivity index (χ4n) is 1.52. The van der Waals surface area contributed by atoms with Gasteiger partial charge >= 0.3 is 0 Å². The van der Waals surface area contributed by atoms with Crippen LogP contribution >= 0.6 is 0 Å². The molecule has 0 saturated carbocycles. The monoisotopic (exact) mass is 219 g/mol. The zero-order valence-corrected chi connectivity index (χ0v) is 8.62. The summed E-state index contributed by atoms with van der Waals surface area (Å²) < 4.78 is 19.7. The summed E-state index contributed by atoms with van der Waals surface area (Å²) in [6, 6.07) is 12.9. The van der Waals surface area contributed by atoms with Crippen LogP contribution in [0, 0.1) is 5.41 Å². The molecule has 0 bridgehead atoms. The first kappa shape index (κ1) is 10.0. The molecule has 0 aliphatic heterocycles. The molecule has 0 aliphatic rings. The third-order valence-corrected chi connectivity index (χ3v) is 2.78. The second kappa shape index (κ2) is 3.92. The van der Waals surface area contributed by atoms with Crippen LogP contribution in [0.15, 0.2) is 42.5 Å². The number of hydrogen-bond donors (Lipinski definition) is 2. The fourth-order valence-corrected chi connectivity index (χ4v) is 1.88. The average molecular weight is 219 g/mol. The second-order valence-corrected chi connectivity index (χ2v) is 4.01. The van der Waals surface area contributed by atoms with Crippen LogP contribution in [0.25, 0.3) is 10.8 Å². The lowest BCUT2D eigenvalue weighted by Gasteiger charge is -2.04. The number of rotatable bonds is 1. The molecule has 2 aromatic rings. The summed E-state index contributed by atoms with van der Waals surface area (Å²) in [5, 5.41) is 9.05. The van der Waals surface area contributed by atoms with Gasteiger partial charge in [-0.25, -0.2) is 4.21 Å². The van der Waals surface area contributed by atoms with Crippen molar-refractivity contribution < 1.29 is 8.76 Å². The van der Waals surface area contributed by atoms with E-state index in [2.05, 4.69) is 0 Å². The number of hydrogen-bond acceptors (Lipinski definition) is 2. The predicted octanol–water partition coefficient (Wildman–Crippen LogP) is 2.39. The van der Waals surface area contributed by atoms with Crippen molar-refractivity contribution in [2.45, 2.75) is 0 Å². The Kier molecular flexibility index (Phi) is 2.62. The van der Waals surface area contributed by atoms with E-state index >= 15 is 0 Å². The first-order chi connectivity index (χ1) is 7.20. The predicted molar refractivity (Wildman–Crippen MR) is 61.5 cm³/mol. The van der Waals surface area contributed by atoms with Gasteiger partial charge in [-0.3, -0.25) is 5.41 Å². The van der Waals surface area contributed by atoms with Gasteiger partial charge in [0.25, 0.3) is 0 Å². The normalized spacial score (nSPS) is 12.6. The minimum atomic E-state index is -2.23. The summed E-state index contributed by atoms with van der Waals surface area (Å²) in [7, 11) is 0. The highest BCUT2D eigenvalue weighted by Gasteiger charge is 2.10. The molecule has 3 nitrogen and oxygen atoms in total. The molecule has 4 heteroatoms. The van der Waals surface area contributed by atoms with Gasteiger partial charge in [0.2, 0.25) is 11.1 Å². The highest BCUT2D eigenvalue weighted by Crippen LogP contribution is 2.19. The van der Waals surface area contributed by atoms with Crippen molar-refractivity contribution in [3.63, 3.8) is 0 Å². The Morgan fingerprint density at radius 3 is 2.53 bits per heavy atom. The molecule has 15 heavy (non-hydrogen) atoms. The van der Waals surface area contributed by atoms with Gasteiger partial charge in [-0.05, 0) is 10.8 Å². The van der Waals surface area contributed by atoms with Crippen molar-refractivity contribution in [1.82, 2.24) is 0 Å². The van der Waals surface area contributed by atoms with Crippen LogP contribution in [0.1, 0.15) is 5.56 Å². The number of benzene rings is 2. The van der Waals surface area contributed by atoms with Crippen LogP contribution in [0.2, 0.25) is 0 Å². The van der Waals surface area contributed by atoms with Crippen LogP contribution in [0.4, 0.5) is 0 Å². The van der Waals surface area contributed by atoms with Crippen LogP contribution < -0.4 is 0 Å². The summed E-state index contributed by atoms with van der Waals surface area (Å²) in [6.07, 6.45) is 0. The lowest BCUT2D eigenvalue weighted by Crippen LogP contribution is -2.06. The Morgan fingerprint density at radius 2 is 1.80 bits per heavy atom. The molecule has 1 unspecified atom stereocenters. The van der Waals surface area contributed by atoms with Gasteiger partial charge in [-0.1, -0.05) is 42.5 Å². The Labute approximate surface area is 89.5 Å². The summed E-state index contributed by atoms with van der Waals surface area (Å²) in [6.45, 7) is 0. The summed E-state index contributed by atoms with van der Waals surface area (Å²) in [5.74, 6) is 0. The molecule has 0 amide bonds. The molecule has 1 atom stereocenters. The van der Waals surface area contributed by atoms with Gasteiger partial charge < -0.3 is 4.55 Å². The molecule has 2 N–H and O–H groups in total. The van der Waals surface area contributed by atoms with Gasteiger partial charge in [0.15, 0.2) is 5.04 Å². The minimum Gasteiger partial charge on any atom is -0.301 e. The lowest BCUT2D eigenvalue weighted by atomic mass is 10.1. The van der Waals surface area contributed by atoms with E-state index < -0.39 is 11.1 Å². The Hall–Kier alpha value is -1.52. The largest absolute Gasteiger partial charge is 0.301 e. The fraction of sp³-hybridized carbons (Fsp3) is 0.